The summed E-state index contributed by atoms with van der Waals surface area (Å²) in [5.74, 6) is 0.122. The summed E-state index contributed by atoms with van der Waals surface area (Å²) in [5.41, 5.74) is 2.69. The first-order valence-corrected chi connectivity index (χ1v) is 4.14. The van der Waals surface area contributed by atoms with Gasteiger partial charge in [-0.25, -0.2) is 0 Å². The maximum absolute atomic E-state index is 9.56. The lowest BCUT2D eigenvalue weighted by atomic mass is 9.98. The summed E-state index contributed by atoms with van der Waals surface area (Å²) >= 11 is 0. The first-order valence-electron chi connectivity index (χ1n) is 4.14. The van der Waals surface area contributed by atoms with E-state index in [1.807, 2.05) is 0 Å². The maximum atomic E-state index is 9.56. The monoisotopic (exact) mass is 182 g/mol. The average molecular weight is 182 g/mol. The molecule has 0 aliphatic carbocycles. The smallest absolute Gasteiger partial charge is 0.124 e. The first kappa shape index (κ1) is 10.0. The van der Waals surface area contributed by atoms with Gasteiger partial charge in [-0.15, -0.1) is 0 Å². The minimum absolute atomic E-state index is 0.0695. The highest BCUT2D eigenvalue weighted by Crippen LogP contribution is 2.28. The molecule has 0 bridgehead atoms. The van der Waals surface area contributed by atoms with Gasteiger partial charge in [-0.2, -0.15) is 0 Å². The number of rotatable bonds is 2. The normalized spacial score (nSPS) is 10.5. The molecule has 0 saturated carbocycles. The molecule has 0 fully saturated rings. The van der Waals surface area contributed by atoms with E-state index in [0.29, 0.717) is 11.1 Å². The van der Waals surface area contributed by atoms with Crippen LogP contribution in [0.5, 0.6) is 5.75 Å². The topological polar surface area (TPSA) is 60.7 Å². The van der Waals surface area contributed by atoms with E-state index in [2.05, 4.69) is 0 Å². The van der Waals surface area contributed by atoms with Crippen molar-refractivity contribution < 1.29 is 15.3 Å². The Bertz CT molecular complexity index is 318. The molecular weight excluding hydrogens is 168 g/mol. The lowest BCUT2D eigenvalue weighted by Crippen LogP contribution is -1.98. The molecule has 13 heavy (non-hydrogen) atoms. The Hall–Kier alpha value is -1.06. The van der Waals surface area contributed by atoms with Crippen LogP contribution in [0.4, 0.5) is 0 Å². The zero-order valence-electron chi connectivity index (χ0n) is 7.83. The van der Waals surface area contributed by atoms with Crippen molar-refractivity contribution in [3.05, 3.63) is 28.3 Å². The van der Waals surface area contributed by atoms with E-state index < -0.39 is 0 Å². The van der Waals surface area contributed by atoms with Crippen LogP contribution in [0.15, 0.2) is 6.07 Å². The van der Waals surface area contributed by atoms with Crippen molar-refractivity contribution in [2.45, 2.75) is 27.1 Å². The molecule has 0 aliphatic rings. The molecule has 0 radical (unpaired) electrons. The molecule has 0 aliphatic heterocycles. The molecule has 0 amide bonds. The van der Waals surface area contributed by atoms with Crippen LogP contribution in [0, 0.1) is 13.8 Å². The van der Waals surface area contributed by atoms with Gasteiger partial charge >= 0.3 is 0 Å². The summed E-state index contributed by atoms with van der Waals surface area (Å²) in [7, 11) is 0. The van der Waals surface area contributed by atoms with Gasteiger partial charge in [0.2, 0.25) is 0 Å². The third-order valence-electron chi connectivity index (χ3n) is 2.31. The second kappa shape index (κ2) is 3.77. The fraction of sp³-hybridized carbons (Fsp3) is 0.400. The van der Waals surface area contributed by atoms with Crippen molar-refractivity contribution in [2.75, 3.05) is 0 Å². The summed E-state index contributed by atoms with van der Waals surface area (Å²) in [6.07, 6.45) is 0. The molecule has 1 aromatic carbocycles. The largest absolute Gasteiger partial charge is 0.507 e. The second-order valence-electron chi connectivity index (χ2n) is 3.12. The SMILES string of the molecule is Cc1cc(CO)c(C)c(CO)c1O. The Labute approximate surface area is 77.3 Å². The van der Waals surface area contributed by atoms with Crippen LogP contribution in [-0.4, -0.2) is 15.3 Å². The van der Waals surface area contributed by atoms with Crippen LogP contribution in [-0.2, 0) is 13.2 Å². The van der Waals surface area contributed by atoms with Crippen molar-refractivity contribution in [2.24, 2.45) is 0 Å². The highest BCUT2D eigenvalue weighted by Gasteiger charge is 2.10. The standard InChI is InChI=1S/C10H14O3/c1-6-3-8(4-11)7(2)9(5-12)10(6)13/h3,11-13H,4-5H2,1-2H3. The minimum Gasteiger partial charge on any atom is -0.507 e. The number of aryl methyl sites for hydroxylation is 1. The summed E-state index contributed by atoms with van der Waals surface area (Å²) in [5, 5.41) is 27.5. The number of hydrogen-bond acceptors (Lipinski definition) is 3. The third-order valence-corrected chi connectivity index (χ3v) is 2.31. The van der Waals surface area contributed by atoms with Gasteiger partial charge in [0.05, 0.1) is 13.2 Å². The van der Waals surface area contributed by atoms with Crippen LogP contribution in [0.3, 0.4) is 0 Å². The van der Waals surface area contributed by atoms with Crippen LogP contribution in [0.25, 0.3) is 0 Å². The Balaban J connectivity index is 3.39. The Morgan fingerprint density at radius 2 is 1.77 bits per heavy atom. The van der Waals surface area contributed by atoms with E-state index in [-0.39, 0.29) is 19.0 Å². The fourth-order valence-electron chi connectivity index (χ4n) is 1.41. The molecule has 0 heterocycles. The maximum Gasteiger partial charge on any atom is 0.124 e. The Morgan fingerprint density at radius 3 is 2.23 bits per heavy atom. The molecule has 1 rings (SSSR count). The van der Waals surface area contributed by atoms with Gasteiger partial charge in [0.25, 0.3) is 0 Å². The van der Waals surface area contributed by atoms with Gasteiger partial charge in [0, 0.05) is 5.56 Å². The number of benzene rings is 1. The van der Waals surface area contributed by atoms with E-state index in [4.69, 9.17) is 10.2 Å². The molecule has 0 aromatic heterocycles. The molecule has 0 spiro atoms. The van der Waals surface area contributed by atoms with Crippen molar-refractivity contribution in [3.8, 4) is 5.75 Å². The summed E-state index contributed by atoms with van der Waals surface area (Å²) in [6.45, 7) is 3.25. The van der Waals surface area contributed by atoms with E-state index >= 15 is 0 Å². The quantitative estimate of drug-likeness (QED) is 0.639. The molecule has 0 saturated heterocycles. The number of aliphatic hydroxyl groups excluding tert-OH is 2. The number of aromatic hydroxyl groups is 1. The van der Waals surface area contributed by atoms with Gasteiger partial charge in [0.1, 0.15) is 5.75 Å². The minimum atomic E-state index is -0.202. The first-order chi connectivity index (χ1) is 6.11. The van der Waals surface area contributed by atoms with Crippen LogP contribution in [0.1, 0.15) is 22.3 Å². The molecule has 0 unspecified atom stereocenters. The van der Waals surface area contributed by atoms with Gasteiger partial charge in [-0.1, -0.05) is 0 Å². The molecule has 0 atom stereocenters. The zero-order chi connectivity index (χ0) is 10.0. The highest BCUT2D eigenvalue weighted by molar-refractivity contribution is 5.48. The molecular formula is C10H14O3. The molecule has 3 N–H and O–H groups in total. The third kappa shape index (κ3) is 1.66. The second-order valence-corrected chi connectivity index (χ2v) is 3.12. The number of phenols is 1. The summed E-state index contributed by atoms with van der Waals surface area (Å²) in [6, 6.07) is 1.73. The van der Waals surface area contributed by atoms with Gasteiger partial charge in [0.15, 0.2) is 0 Å². The van der Waals surface area contributed by atoms with Crippen molar-refractivity contribution in [3.63, 3.8) is 0 Å². The summed E-state index contributed by atoms with van der Waals surface area (Å²) < 4.78 is 0. The lowest BCUT2D eigenvalue weighted by Gasteiger charge is -2.12. The predicted octanol–water partition coefficient (Wildman–Crippen LogP) is 0.994. The van der Waals surface area contributed by atoms with Gasteiger partial charge in [-0.05, 0) is 36.6 Å². The molecule has 72 valence electrons. The van der Waals surface area contributed by atoms with Crippen molar-refractivity contribution in [1.82, 2.24) is 0 Å². The van der Waals surface area contributed by atoms with Crippen LogP contribution >= 0.6 is 0 Å². The lowest BCUT2D eigenvalue weighted by molar-refractivity contribution is 0.269. The van der Waals surface area contributed by atoms with E-state index in [1.165, 1.54) is 0 Å². The highest BCUT2D eigenvalue weighted by atomic mass is 16.3. The van der Waals surface area contributed by atoms with Gasteiger partial charge < -0.3 is 15.3 Å². The van der Waals surface area contributed by atoms with Gasteiger partial charge in [-0.3, -0.25) is 0 Å². The molecule has 3 nitrogen and oxygen atoms in total. The predicted molar refractivity (Wildman–Crippen MR) is 49.4 cm³/mol. The molecule has 3 heteroatoms. The van der Waals surface area contributed by atoms with E-state index in [1.54, 1.807) is 19.9 Å². The van der Waals surface area contributed by atoms with Crippen molar-refractivity contribution in [1.29, 1.82) is 0 Å². The van der Waals surface area contributed by atoms with Crippen molar-refractivity contribution >= 4 is 0 Å². The Kier molecular flexibility index (Phi) is 2.90. The fourth-order valence-corrected chi connectivity index (χ4v) is 1.41. The van der Waals surface area contributed by atoms with Crippen LogP contribution in [0.2, 0.25) is 0 Å². The van der Waals surface area contributed by atoms with E-state index in [0.717, 1.165) is 11.1 Å². The molecule has 1 aromatic rings. The average Bonchev–Trinajstić information content (AvgIpc) is 2.12. The Morgan fingerprint density at radius 1 is 1.15 bits per heavy atom. The number of hydrogen-bond donors (Lipinski definition) is 3. The van der Waals surface area contributed by atoms with E-state index in [9.17, 15) is 5.11 Å². The zero-order valence-corrected chi connectivity index (χ0v) is 7.83. The summed E-state index contributed by atoms with van der Waals surface area (Å²) in [4.78, 5) is 0. The van der Waals surface area contributed by atoms with Crippen LogP contribution < -0.4 is 0 Å². The number of aliphatic hydroxyl groups is 2.